The van der Waals surface area contributed by atoms with Gasteiger partial charge in [0.05, 0.1) is 18.7 Å². The van der Waals surface area contributed by atoms with Gasteiger partial charge in [-0.3, -0.25) is 9.69 Å². The highest BCUT2D eigenvalue weighted by Gasteiger charge is 2.25. The number of aliphatic carboxylic acids is 1. The lowest BCUT2D eigenvalue weighted by Crippen LogP contribution is -2.42. The fourth-order valence-corrected chi connectivity index (χ4v) is 3.40. The van der Waals surface area contributed by atoms with Crippen molar-refractivity contribution in [3.8, 4) is 0 Å². The molecule has 2 rings (SSSR count). The fourth-order valence-electron chi connectivity index (χ4n) is 2.60. The Hall–Kier alpha value is -0.940. The number of carbonyl (C=O) groups is 1. The number of hydrogen-bond donors (Lipinski definition) is 1. The summed E-state index contributed by atoms with van der Waals surface area (Å²) in [5.74, 6) is -0.813. The summed E-state index contributed by atoms with van der Waals surface area (Å²) in [4.78, 5) is 17.5. The largest absolute Gasteiger partial charge is 0.481 e. The maximum Gasteiger partial charge on any atom is 0.309 e. The van der Waals surface area contributed by atoms with Crippen molar-refractivity contribution in [3.63, 3.8) is 0 Å². The van der Waals surface area contributed by atoms with Crippen molar-refractivity contribution in [2.75, 3.05) is 0 Å². The first kappa shape index (κ1) is 13.5. The van der Waals surface area contributed by atoms with Gasteiger partial charge in [0, 0.05) is 17.5 Å². The molecule has 2 heterocycles. The van der Waals surface area contributed by atoms with Gasteiger partial charge in [-0.2, -0.15) is 0 Å². The van der Waals surface area contributed by atoms with Crippen molar-refractivity contribution < 1.29 is 9.90 Å². The molecule has 5 heteroatoms. The molecule has 1 aromatic heterocycles. The van der Waals surface area contributed by atoms with Crippen LogP contribution >= 0.6 is 11.3 Å². The number of thiazole rings is 1. The van der Waals surface area contributed by atoms with E-state index in [1.54, 1.807) is 11.3 Å². The summed E-state index contributed by atoms with van der Waals surface area (Å²) in [5, 5.41) is 11.6. The molecule has 18 heavy (non-hydrogen) atoms. The lowest BCUT2D eigenvalue weighted by Gasteiger charge is -2.38. The van der Waals surface area contributed by atoms with E-state index in [2.05, 4.69) is 23.7 Å². The third-order valence-electron chi connectivity index (χ3n) is 3.63. The van der Waals surface area contributed by atoms with Crippen molar-refractivity contribution in [2.24, 2.45) is 0 Å². The zero-order valence-electron chi connectivity index (χ0n) is 10.9. The van der Waals surface area contributed by atoms with Gasteiger partial charge in [0.1, 0.15) is 5.01 Å². The van der Waals surface area contributed by atoms with Gasteiger partial charge >= 0.3 is 5.97 Å². The summed E-state index contributed by atoms with van der Waals surface area (Å²) < 4.78 is 0. The van der Waals surface area contributed by atoms with Gasteiger partial charge in [-0.15, -0.1) is 11.3 Å². The van der Waals surface area contributed by atoms with Crippen molar-refractivity contribution >= 4 is 17.3 Å². The summed E-state index contributed by atoms with van der Waals surface area (Å²) in [7, 11) is 0. The Bertz CT molecular complexity index is 409. The van der Waals surface area contributed by atoms with Crippen LogP contribution in [-0.4, -0.2) is 33.0 Å². The van der Waals surface area contributed by atoms with E-state index in [0.717, 1.165) is 11.6 Å². The molecule has 4 nitrogen and oxygen atoms in total. The Morgan fingerprint density at radius 1 is 1.50 bits per heavy atom. The van der Waals surface area contributed by atoms with Crippen molar-refractivity contribution in [1.82, 2.24) is 9.88 Å². The van der Waals surface area contributed by atoms with Crippen LogP contribution in [0.5, 0.6) is 0 Å². The number of piperidine rings is 1. The molecule has 1 fully saturated rings. The third-order valence-corrected chi connectivity index (χ3v) is 4.51. The molecule has 0 bridgehead atoms. The minimum absolute atomic E-state index is 0.0294. The van der Waals surface area contributed by atoms with E-state index in [1.807, 2.05) is 5.38 Å². The number of aromatic nitrogens is 1. The van der Waals surface area contributed by atoms with Gasteiger partial charge in [0.15, 0.2) is 0 Å². The van der Waals surface area contributed by atoms with Crippen LogP contribution in [0, 0.1) is 0 Å². The number of nitrogens with zero attached hydrogens (tertiary/aromatic N) is 2. The molecule has 0 spiro atoms. The molecule has 0 saturated carbocycles. The Balaban J connectivity index is 1.99. The molecule has 2 atom stereocenters. The highest BCUT2D eigenvalue weighted by molar-refractivity contribution is 7.09. The molecular weight excluding hydrogens is 248 g/mol. The number of carboxylic acids is 1. The van der Waals surface area contributed by atoms with Crippen LogP contribution in [0.4, 0.5) is 0 Å². The smallest absolute Gasteiger partial charge is 0.309 e. The highest BCUT2D eigenvalue weighted by Crippen LogP contribution is 2.25. The fraction of sp³-hybridized carbons (Fsp3) is 0.692. The molecule has 0 radical (unpaired) electrons. The minimum Gasteiger partial charge on any atom is -0.481 e. The average molecular weight is 268 g/mol. The molecule has 2 unspecified atom stereocenters. The molecule has 1 aliphatic rings. The van der Waals surface area contributed by atoms with Crippen molar-refractivity contribution in [3.05, 3.63) is 16.1 Å². The first-order valence-corrected chi connectivity index (χ1v) is 7.35. The van der Waals surface area contributed by atoms with E-state index < -0.39 is 5.97 Å². The van der Waals surface area contributed by atoms with Gasteiger partial charge in [0.2, 0.25) is 0 Å². The normalized spacial score (nSPS) is 25.2. The molecular formula is C13H20N2O2S. The maximum absolute atomic E-state index is 10.6. The molecule has 1 N–H and O–H groups in total. The maximum atomic E-state index is 10.6. The molecule has 0 aliphatic carbocycles. The van der Waals surface area contributed by atoms with Crippen LogP contribution in [0.1, 0.15) is 43.8 Å². The number of hydrogen-bond acceptors (Lipinski definition) is 4. The van der Waals surface area contributed by atoms with E-state index >= 15 is 0 Å². The van der Waals surface area contributed by atoms with E-state index in [-0.39, 0.29) is 6.42 Å². The highest BCUT2D eigenvalue weighted by atomic mass is 32.1. The molecule has 1 aliphatic heterocycles. The minimum atomic E-state index is -0.813. The second-order valence-corrected chi connectivity index (χ2v) is 6.05. The van der Waals surface area contributed by atoms with Gasteiger partial charge < -0.3 is 5.11 Å². The molecule has 0 amide bonds. The average Bonchev–Trinajstić information content (AvgIpc) is 2.70. The van der Waals surface area contributed by atoms with Crippen LogP contribution < -0.4 is 0 Å². The first-order valence-electron chi connectivity index (χ1n) is 6.47. The predicted molar refractivity (Wildman–Crippen MR) is 71.8 cm³/mol. The van der Waals surface area contributed by atoms with Crippen LogP contribution in [0.3, 0.4) is 0 Å². The van der Waals surface area contributed by atoms with Gasteiger partial charge in [-0.1, -0.05) is 6.42 Å². The standard InChI is InChI=1S/C13H20N2O2S/c1-9-4-3-5-10(2)15(9)7-12-14-11(8-18-12)6-13(16)17/h8-10H,3-7H2,1-2H3,(H,16,17). The van der Waals surface area contributed by atoms with Gasteiger partial charge in [-0.05, 0) is 26.7 Å². The molecule has 1 aromatic rings. The van der Waals surface area contributed by atoms with E-state index in [0.29, 0.717) is 17.8 Å². The van der Waals surface area contributed by atoms with Crippen molar-refractivity contribution in [1.29, 1.82) is 0 Å². The Labute approximate surface area is 112 Å². The second kappa shape index (κ2) is 5.80. The van der Waals surface area contributed by atoms with Gasteiger partial charge in [-0.25, -0.2) is 4.98 Å². The summed E-state index contributed by atoms with van der Waals surface area (Å²) in [6.07, 6.45) is 3.83. The van der Waals surface area contributed by atoms with Crippen LogP contribution in [0.25, 0.3) is 0 Å². The summed E-state index contributed by atoms with van der Waals surface area (Å²) in [6.45, 7) is 5.38. The lowest BCUT2D eigenvalue weighted by atomic mass is 9.98. The first-order chi connectivity index (χ1) is 8.56. The second-order valence-electron chi connectivity index (χ2n) is 5.10. The van der Waals surface area contributed by atoms with Crippen LogP contribution in [0.15, 0.2) is 5.38 Å². The van der Waals surface area contributed by atoms with E-state index in [4.69, 9.17) is 5.11 Å². The topological polar surface area (TPSA) is 53.4 Å². The van der Waals surface area contributed by atoms with Crippen LogP contribution in [-0.2, 0) is 17.8 Å². The molecule has 0 aromatic carbocycles. The Kier molecular flexibility index (Phi) is 4.35. The molecule has 1 saturated heterocycles. The van der Waals surface area contributed by atoms with Crippen molar-refractivity contribution in [2.45, 2.75) is 58.2 Å². The summed E-state index contributed by atoms with van der Waals surface area (Å²) in [6, 6.07) is 1.20. The quantitative estimate of drug-likeness (QED) is 0.911. The van der Waals surface area contributed by atoms with Gasteiger partial charge in [0.25, 0.3) is 0 Å². The lowest BCUT2D eigenvalue weighted by molar-refractivity contribution is -0.136. The SMILES string of the molecule is CC1CCCC(C)N1Cc1nc(CC(=O)O)cs1. The predicted octanol–water partition coefficient (Wildman–Crippen LogP) is 2.53. The van der Waals surface area contributed by atoms with E-state index in [9.17, 15) is 4.79 Å². The van der Waals surface area contributed by atoms with Crippen LogP contribution in [0.2, 0.25) is 0 Å². The summed E-state index contributed by atoms with van der Waals surface area (Å²) >= 11 is 1.57. The third kappa shape index (κ3) is 3.29. The Morgan fingerprint density at radius 3 is 2.78 bits per heavy atom. The molecule has 100 valence electrons. The monoisotopic (exact) mass is 268 g/mol. The summed E-state index contributed by atoms with van der Waals surface area (Å²) in [5.41, 5.74) is 0.680. The Morgan fingerprint density at radius 2 is 2.17 bits per heavy atom. The number of carboxylic acid groups (broad SMARTS) is 1. The zero-order valence-corrected chi connectivity index (χ0v) is 11.7. The zero-order chi connectivity index (χ0) is 13.1. The number of rotatable bonds is 4. The van der Waals surface area contributed by atoms with E-state index in [1.165, 1.54) is 19.3 Å². The number of likely N-dealkylation sites (tertiary alicyclic amines) is 1.